The van der Waals surface area contributed by atoms with Crippen LogP contribution in [0.3, 0.4) is 0 Å². The molecule has 0 spiro atoms. The van der Waals surface area contributed by atoms with Gasteiger partial charge in [0.1, 0.15) is 10.3 Å². The zero-order valence-corrected chi connectivity index (χ0v) is 9.15. The average Bonchev–Trinajstić information content (AvgIpc) is 2.16. The predicted molar refractivity (Wildman–Crippen MR) is 51.8 cm³/mol. The average molecular weight is 284 g/mol. The molecule has 0 aliphatic rings. The Kier molecular flexibility index (Phi) is 3.95. The summed E-state index contributed by atoms with van der Waals surface area (Å²) in [6.07, 6.45) is -2.25. The molecule has 0 aromatic carbocycles. The van der Waals surface area contributed by atoms with Crippen molar-refractivity contribution in [2.75, 3.05) is 0 Å². The molecule has 76 valence electrons. The van der Waals surface area contributed by atoms with Crippen molar-refractivity contribution in [1.82, 2.24) is 4.98 Å². The Balaban J connectivity index is 3.39. The summed E-state index contributed by atoms with van der Waals surface area (Å²) in [5.41, 5.74) is -0.228. The van der Waals surface area contributed by atoms with Crippen LogP contribution in [-0.2, 0) is 5.88 Å². The summed E-state index contributed by atoms with van der Waals surface area (Å²) in [7, 11) is 0. The van der Waals surface area contributed by atoms with Crippen LogP contribution in [0.25, 0.3) is 0 Å². The minimum Gasteiger partial charge on any atom is -0.296 e. The molecule has 0 N–H and O–H groups in total. The number of carbonyl (C=O) groups is 1. The molecular formula is C8H5BrClF2NO. The molecule has 1 heterocycles. The van der Waals surface area contributed by atoms with E-state index in [2.05, 4.69) is 20.9 Å². The molecule has 6 heteroatoms. The van der Waals surface area contributed by atoms with Crippen molar-refractivity contribution < 1.29 is 13.6 Å². The minimum absolute atomic E-state index is 0.0512. The van der Waals surface area contributed by atoms with Crippen molar-refractivity contribution in [3.63, 3.8) is 0 Å². The molecule has 2 nitrogen and oxygen atoms in total. The van der Waals surface area contributed by atoms with Crippen LogP contribution in [0.15, 0.2) is 10.7 Å². The van der Waals surface area contributed by atoms with Crippen molar-refractivity contribution in [2.24, 2.45) is 0 Å². The number of halogens is 4. The topological polar surface area (TPSA) is 30.0 Å². The summed E-state index contributed by atoms with van der Waals surface area (Å²) in [5, 5.41) is 0. The molecule has 0 saturated heterocycles. The summed E-state index contributed by atoms with van der Waals surface area (Å²) in [5.74, 6) is -0.159. The number of pyridine rings is 1. The molecule has 0 fully saturated rings. The van der Waals surface area contributed by atoms with Gasteiger partial charge < -0.3 is 0 Å². The van der Waals surface area contributed by atoms with Crippen LogP contribution >= 0.6 is 27.5 Å². The molecule has 0 unspecified atom stereocenters. The maximum atomic E-state index is 12.5. The number of nitrogens with zero attached hydrogens (tertiary/aromatic N) is 1. The van der Waals surface area contributed by atoms with E-state index >= 15 is 0 Å². The van der Waals surface area contributed by atoms with Crippen molar-refractivity contribution >= 4 is 33.8 Å². The first-order valence-corrected chi connectivity index (χ1v) is 4.91. The second-order valence-electron chi connectivity index (χ2n) is 2.45. The van der Waals surface area contributed by atoms with Gasteiger partial charge in [-0.3, -0.25) is 4.79 Å². The molecule has 0 radical (unpaired) electrons. The van der Waals surface area contributed by atoms with Gasteiger partial charge in [0.2, 0.25) is 0 Å². The van der Waals surface area contributed by atoms with Crippen LogP contribution in [0.4, 0.5) is 8.78 Å². The fraction of sp³-hybridized carbons (Fsp3) is 0.250. The second kappa shape index (κ2) is 4.79. The number of carbonyl (C=O) groups excluding carboxylic acids is 1. The largest absolute Gasteiger partial charge is 0.296 e. The molecule has 1 aromatic heterocycles. The van der Waals surface area contributed by atoms with Gasteiger partial charge in [-0.15, -0.1) is 11.6 Å². The highest BCUT2D eigenvalue weighted by Crippen LogP contribution is 2.27. The highest BCUT2D eigenvalue weighted by Gasteiger charge is 2.17. The predicted octanol–water partition coefficient (Wildman–Crippen LogP) is 3.33. The van der Waals surface area contributed by atoms with E-state index in [1.54, 1.807) is 0 Å². The van der Waals surface area contributed by atoms with Gasteiger partial charge in [-0.1, -0.05) is 0 Å². The first-order valence-electron chi connectivity index (χ1n) is 3.58. The summed E-state index contributed by atoms with van der Waals surface area (Å²) >= 11 is 8.40. The van der Waals surface area contributed by atoms with E-state index in [1.165, 1.54) is 0 Å². The first-order chi connectivity index (χ1) is 6.60. The second-order valence-corrected chi connectivity index (χ2v) is 3.53. The standard InChI is InChI=1S/C8H5BrClF2NO/c9-7-1-4(8(11)12)5(2-10)6(3-14)13-7/h1,3,8H,2H2. The molecule has 1 aromatic rings. The number of hydrogen-bond acceptors (Lipinski definition) is 2. The lowest BCUT2D eigenvalue weighted by atomic mass is 10.1. The SMILES string of the molecule is O=Cc1nc(Br)cc(C(F)F)c1CCl. The van der Waals surface area contributed by atoms with Crippen LogP contribution in [0.2, 0.25) is 0 Å². The highest BCUT2D eigenvalue weighted by atomic mass is 79.9. The quantitative estimate of drug-likeness (QED) is 0.484. The van der Waals surface area contributed by atoms with E-state index in [0.29, 0.717) is 6.29 Å². The lowest BCUT2D eigenvalue weighted by molar-refractivity contribution is 0.111. The molecule has 0 amide bonds. The molecule has 1 rings (SSSR count). The van der Waals surface area contributed by atoms with E-state index in [1.807, 2.05) is 0 Å². The van der Waals surface area contributed by atoms with Gasteiger partial charge in [0.25, 0.3) is 6.43 Å². The summed E-state index contributed by atoms with van der Waals surface area (Å²) in [4.78, 5) is 14.3. The summed E-state index contributed by atoms with van der Waals surface area (Å²) in [6, 6.07) is 1.16. The first kappa shape index (κ1) is 11.5. The van der Waals surface area contributed by atoms with E-state index in [4.69, 9.17) is 11.6 Å². The minimum atomic E-state index is -2.67. The maximum absolute atomic E-state index is 12.5. The van der Waals surface area contributed by atoms with E-state index < -0.39 is 6.43 Å². The molecule has 0 aliphatic carbocycles. The van der Waals surface area contributed by atoms with Crippen molar-refractivity contribution in [3.8, 4) is 0 Å². The van der Waals surface area contributed by atoms with Gasteiger partial charge in [0, 0.05) is 11.1 Å². The van der Waals surface area contributed by atoms with Crippen LogP contribution in [-0.4, -0.2) is 11.3 Å². The van der Waals surface area contributed by atoms with Crippen molar-refractivity contribution in [1.29, 1.82) is 0 Å². The van der Waals surface area contributed by atoms with Crippen molar-refractivity contribution in [3.05, 3.63) is 27.5 Å². The van der Waals surface area contributed by atoms with Crippen LogP contribution < -0.4 is 0 Å². The Morgan fingerprint density at radius 2 is 2.29 bits per heavy atom. The number of hydrogen-bond donors (Lipinski definition) is 0. The van der Waals surface area contributed by atoms with Gasteiger partial charge in [-0.2, -0.15) is 0 Å². The number of aldehydes is 1. The zero-order valence-electron chi connectivity index (χ0n) is 6.81. The van der Waals surface area contributed by atoms with E-state index in [-0.39, 0.29) is 27.3 Å². The number of aromatic nitrogens is 1. The third-order valence-electron chi connectivity index (χ3n) is 1.64. The maximum Gasteiger partial charge on any atom is 0.264 e. The molecule has 14 heavy (non-hydrogen) atoms. The third kappa shape index (κ3) is 2.27. The van der Waals surface area contributed by atoms with Crippen LogP contribution in [0, 0.1) is 0 Å². The molecule has 0 atom stereocenters. The number of alkyl halides is 3. The smallest absolute Gasteiger partial charge is 0.264 e. The fourth-order valence-corrected chi connectivity index (χ4v) is 1.74. The highest BCUT2D eigenvalue weighted by molar-refractivity contribution is 9.10. The summed E-state index contributed by atoms with van der Waals surface area (Å²) in [6.45, 7) is 0. The molecule has 0 bridgehead atoms. The van der Waals surface area contributed by atoms with Crippen molar-refractivity contribution in [2.45, 2.75) is 12.3 Å². The van der Waals surface area contributed by atoms with Crippen LogP contribution in [0.1, 0.15) is 28.0 Å². The fourth-order valence-electron chi connectivity index (χ4n) is 1.02. The van der Waals surface area contributed by atoms with E-state index in [0.717, 1.165) is 6.07 Å². The Labute approximate surface area is 92.4 Å². The molecular weight excluding hydrogens is 279 g/mol. The van der Waals surface area contributed by atoms with Gasteiger partial charge in [0.05, 0.1) is 5.88 Å². The Morgan fingerprint density at radius 3 is 2.71 bits per heavy atom. The number of rotatable bonds is 3. The van der Waals surface area contributed by atoms with Gasteiger partial charge >= 0.3 is 0 Å². The van der Waals surface area contributed by atoms with Crippen LogP contribution in [0.5, 0.6) is 0 Å². The lowest BCUT2D eigenvalue weighted by Crippen LogP contribution is -2.01. The van der Waals surface area contributed by atoms with E-state index in [9.17, 15) is 13.6 Å². The monoisotopic (exact) mass is 283 g/mol. The molecule has 0 aliphatic heterocycles. The normalized spacial score (nSPS) is 10.6. The lowest BCUT2D eigenvalue weighted by Gasteiger charge is -2.08. The Morgan fingerprint density at radius 1 is 1.64 bits per heavy atom. The van der Waals surface area contributed by atoms with Gasteiger partial charge in [0.15, 0.2) is 6.29 Å². The third-order valence-corrected chi connectivity index (χ3v) is 2.31. The Hall–Kier alpha value is -0.550. The summed E-state index contributed by atoms with van der Waals surface area (Å²) < 4.78 is 25.2. The molecule has 0 saturated carbocycles. The Bertz CT molecular complexity index is 359. The van der Waals surface area contributed by atoms with Gasteiger partial charge in [-0.25, -0.2) is 13.8 Å². The van der Waals surface area contributed by atoms with Gasteiger partial charge in [-0.05, 0) is 22.0 Å². The zero-order chi connectivity index (χ0) is 10.7.